The molecule has 0 aromatic carbocycles. The molecule has 2 unspecified atom stereocenters. The fraction of sp³-hybridized carbons (Fsp3) is 0.977. The quantitative estimate of drug-likeness (QED) is 0.0489. The summed E-state index contributed by atoms with van der Waals surface area (Å²) in [5.41, 5.74) is 3.29. The van der Waals surface area contributed by atoms with Gasteiger partial charge < -0.3 is 18.3 Å². The minimum atomic E-state index is -2.93. The van der Waals surface area contributed by atoms with E-state index in [9.17, 15) is 4.79 Å². The Morgan fingerprint density at radius 3 is 1.69 bits per heavy atom. The summed E-state index contributed by atoms with van der Waals surface area (Å²) in [6.07, 6.45) is 37.0. The predicted molar refractivity (Wildman–Crippen MR) is 225 cm³/mol. The first kappa shape index (κ1) is 50.0. The zero-order valence-corrected chi connectivity index (χ0v) is 36.6. The second kappa shape index (κ2) is 39.2. The molecule has 0 aromatic heterocycles. The van der Waals surface area contributed by atoms with Crippen molar-refractivity contribution < 1.29 is 27.6 Å². The van der Waals surface area contributed by atoms with Gasteiger partial charge in [-0.25, -0.2) is 5.48 Å². The zero-order chi connectivity index (χ0) is 37.5. The first-order valence-corrected chi connectivity index (χ1v) is 25.6. The van der Waals surface area contributed by atoms with Crippen LogP contribution in [-0.2, 0) is 27.6 Å². The maximum atomic E-state index is 12.6. The molecule has 9 heteroatoms. The summed E-state index contributed by atoms with van der Waals surface area (Å²) < 4.78 is 30.6. The number of rotatable bonds is 39. The molecule has 2 atom stereocenters. The maximum absolute atomic E-state index is 12.6. The highest BCUT2D eigenvalue weighted by Crippen LogP contribution is 2.25. The summed E-state index contributed by atoms with van der Waals surface area (Å²) in [5, 5.41) is 0.321. The van der Waals surface area contributed by atoms with Crippen LogP contribution in [0.3, 0.4) is 0 Å². The van der Waals surface area contributed by atoms with E-state index in [0.717, 1.165) is 51.0 Å². The van der Waals surface area contributed by atoms with Gasteiger partial charge >= 0.3 is 8.80 Å². The summed E-state index contributed by atoms with van der Waals surface area (Å²) in [4.78, 5) is 12.6. The van der Waals surface area contributed by atoms with E-state index in [1.807, 2.05) is 0 Å². The number of ether oxygens (including phenoxy) is 2. The highest BCUT2D eigenvalue weighted by atomic mass is 32.2. The van der Waals surface area contributed by atoms with E-state index in [4.69, 9.17) is 22.9 Å². The van der Waals surface area contributed by atoms with E-state index in [1.54, 1.807) is 0 Å². The molecule has 0 aromatic rings. The molecule has 52 heavy (non-hydrogen) atoms. The number of carbonyl (C=O) groups excluding carboxylic acids is 1. The van der Waals surface area contributed by atoms with E-state index in [2.05, 4.69) is 26.3 Å². The van der Waals surface area contributed by atoms with Gasteiger partial charge in [0.2, 0.25) is 0 Å². The van der Waals surface area contributed by atoms with Crippen LogP contribution in [0.5, 0.6) is 0 Å². The molecule has 0 amide bonds. The van der Waals surface area contributed by atoms with Gasteiger partial charge in [-0.2, -0.15) is 0 Å². The Hall–Kier alpha value is -0.00312. The molecule has 1 heterocycles. The Morgan fingerprint density at radius 1 is 0.615 bits per heavy atom. The van der Waals surface area contributed by atoms with Crippen LogP contribution in [0.15, 0.2) is 0 Å². The van der Waals surface area contributed by atoms with Gasteiger partial charge in [0.25, 0.3) is 0 Å². The average Bonchev–Trinajstić information content (AvgIpc) is 3.14. The van der Waals surface area contributed by atoms with Crippen LogP contribution in [0.4, 0.5) is 0 Å². The number of hydroxylamine groups is 1. The number of hydrogen-bond acceptors (Lipinski definition) is 8. The van der Waals surface area contributed by atoms with Crippen molar-refractivity contribution in [2.24, 2.45) is 5.92 Å². The molecular formula is C43H87NO6SSi. The Kier molecular flexibility index (Phi) is 37.7. The second-order valence-corrected chi connectivity index (χ2v) is 19.2. The van der Waals surface area contributed by atoms with Crippen molar-refractivity contribution in [3.63, 3.8) is 0 Å². The molecule has 0 saturated carbocycles. The van der Waals surface area contributed by atoms with Gasteiger partial charge in [-0.05, 0) is 38.0 Å². The van der Waals surface area contributed by atoms with Crippen LogP contribution >= 0.6 is 11.8 Å². The van der Waals surface area contributed by atoms with E-state index >= 15 is 0 Å². The van der Waals surface area contributed by atoms with Crippen LogP contribution in [-0.4, -0.2) is 65.9 Å². The predicted octanol–water partition coefficient (Wildman–Crippen LogP) is 12.8. The van der Waals surface area contributed by atoms with Gasteiger partial charge in [-0.15, -0.1) is 0 Å². The van der Waals surface area contributed by atoms with E-state index < -0.39 is 8.80 Å². The summed E-state index contributed by atoms with van der Waals surface area (Å²) in [6, 6.07) is 0.711. The number of thioether (sulfide) groups is 1. The molecule has 310 valence electrons. The molecular weight excluding hydrogens is 687 g/mol. The molecule has 0 radical (unpaired) electrons. The number of nitrogens with one attached hydrogen (secondary N) is 1. The van der Waals surface area contributed by atoms with Crippen molar-refractivity contribution in [1.29, 1.82) is 0 Å². The number of carbonyl (C=O) groups is 1. The highest BCUT2D eigenvalue weighted by Gasteiger charge is 2.42. The van der Waals surface area contributed by atoms with Crippen LogP contribution in [0.25, 0.3) is 0 Å². The molecule has 0 aliphatic carbocycles. The van der Waals surface area contributed by atoms with Gasteiger partial charge in [0.05, 0.1) is 26.4 Å². The van der Waals surface area contributed by atoms with Gasteiger partial charge in [-0.1, -0.05) is 180 Å². The van der Waals surface area contributed by atoms with E-state index in [0.29, 0.717) is 56.5 Å². The minimum absolute atomic E-state index is 0.321. The zero-order valence-electron chi connectivity index (χ0n) is 34.8. The molecule has 0 spiro atoms. The molecule has 1 N–H and O–H groups in total. The van der Waals surface area contributed by atoms with Crippen molar-refractivity contribution in [3.8, 4) is 0 Å². The molecule has 1 fully saturated rings. The topological polar surface area (TPSA) is 75.3 Å². The van der Waals surface area contributed by atoms with Crippen molar-refractivity contribution in [1.82, 2.24) is 5.48 Å². The lowest BCUT2D eigenvalue weighted by Gasteiger charge is -2.33. The standard InChI is InChI=1S/C43H87NO6SSi/c1-4-7-10-12-14-16-18-19-20-22-24-26-28-31-43(45)51-39-29-40-52(49-38-37-47-36-35-46-33-9-6-3)48-34-32-42(41-44-50-52)30-27-25-23-21-17-15-13-11-8-5-2/h42,44H,4-41H2,1-3H3. The van der Waals surface area contributed by atoms with Crippen LogP contribution in [0.2, 0.25) is 6.04 Å². The Balaban J connectivity index is 2.28. The summed E-state index contributed by atoms with van der Waals surface area (Å²) >= 11 is 1.48. The molecule has 0 bridgehead atoms. The first-order chi connectivity index (χ1) is 25.7. The highest BCUT2D eigenvalue weighted by molar-refractivity contribution is 8.13. The van der Waals surface area contributed by atoms with Crippen molar-refractivity contribution in [3.05, 3.63) is 0 Å². The van der Waals surface area contributed by atoms with Crippen LogP contribution < -0.4 is 5.48 Å². The van der Waals surface area contributed by atoms with Gasteiger partial charge in [0, 0.05) is 38.0 Å². The molecule has 1 aliphatic heterocycles. The lowest BCUT2D eigenvalue weighted by Crippen LogP contribution is -2.52. The van der Waals surface area contributed by atoms with Crippen molar-refractivity contribution in [2.75, 3.05) is 51.9 Å². The smallest absolute Gasteiger partial charge is 0.379 e. The molecule has 1 saturated heterocycles. The van der Waals surface area contributed by atoms with Gasteiger partial charge in [0.15, 0.2) is 5.12 Å². The molecule has 1 rings (SSSR count). The number of unbranched alkanes of at least 4 members (excludes halogenated alkanes) is 22. The fourth-order valence-electron chi connectivity index (χ4n) is 6.87. The Bertz CT molecular complexity index is 740. The third-order valence-corrected chi connectivity index (χ3v) is 14.1. The monoisotopic (exact) mass is 774 g/mol. The molecule has 7 nitrogen and oxygen atoms in total. The van der Waals surface area contributed by atoms with Gasteiger partial charge in [-0.3, -0.25) is 9.32 Å². The van der Waals surface area contributed by atoms with Crippen molar-refractivity contribution in [2.45, 2.75) is 213 Å². The van der Waals surface area contributed by atoms with E-state index in [1.165, 1.54) is 159 Å². The summed E-state index contributed by atoms with van der Waals surface area (Å²) in [6.45, 7) is 11.2. The fourth-order valence-corrected chi connectivity index (χ4v) is 10.3. The Morgan fingerprint density at radius 2 is 1.12 bits per heavy atom. The molecule has 1 aliphatic rings. The van der Waals surface area contributed by atoms with Crippen molar-refractivity contribution >= 4 is 25.7 Å². The second-order valence-electron chi connectivity index (χ2n) is 15.4. The summed E-state index contributed by atoms with van der Waals surface area (Å²) in [5.74, 6) is 1.35. The lowest BCUT2D eigenvalue weighted by atomic mass is 9.97. The van der Waals surface area contributed by atoms with Crippen LogP contribution in [0.1, 0.15) is 207 Å². The third kappa shape index (κ3) is 32.3. The summed E-state index contributed by atoms with van der Waals surface area (Å²) in [7, 11) is -2.93. The maximum Gasteiger partial charge on any atom is 0.518 e. The third-order valence-electron chi connectivity index (χ3n) is 10.4. The number of hydrogen-bond donors (Lipinski definition) is 1. The minimum Gasteiger partial charge on any atom is -0.379 e. The Labute approximate surface area is 328 Å². The lowest BCUT2D eigenvalue weighted by molar-refractivity contribution is -0.111. The largest absolute Gasteiger partial charge is 0.518 e. The van der Waals surface area contributed by atoms with Crippen LogP contribution in [0, 0.1) is 5.92 Å². The first-order valence-electron chi connectivity index (χ1n) is 22.7. The van der Waals surface area contributed by atoms with Gasteiger partial charge in [0.1, 0.15) is 0 Å². The SMILES string of the molecule is CCCCCCCCCCCCCCCC(=O)SCCC[Si]1(OCCOCCOCCCC)OCCC(CCCCCCCCCCCC)CNO1. The normalized spacial score (nSPS) is 18.1. The average molecular weight is 774 g/mol. The van der Waals surface area contributed by atoms with E-state index in [-0.39, 0.29) is 0 Å².